The second-order valence-corrected chi connectivity index (χ2v) is 14.6. The van der Waals surface area contributed by atoms with Crippen LogP contribution >= 0.6 is 0 Å². The van der Waals surface area contributed by atoms with Crippen LogP contribution in [0.4, 0.5) is 0 Å². The first-order valence-electron chi connectivity index (χ1n) is 19.0. The van der Waals surface area contributed by atoms with Crippen molar-refractivity contribution in [2.45, 2.75) is 58.8 Å². The Kier molecular flexibility index (Phi) is 12.5. The zero-order valence-electron chi connectivity index (χ0n) is 33.3. The molecule has 14 nitrogen and oxygen atoms in total. The smallest absolute Gasteiger partial charge is 0.308 e. The van der Waals surface area contributed by atoms with Crippen molar-refractivity contribution in [2.75, 3.05) is 40.3 Å². The lowest BCUT2D eigenvalue weighted by Gasteiger charge is -2.37. The number of fused-ring (bicyclic) bond motifs is 11. The number of rotatable bonds is 15. The molecule has 304 valence electrons. The quantitative estimate of drug-likeness (QED) is 0.103. The van der Waals surface area contributed by atoms with Crippen molar-refractivity contribution in [1.82, 2.24) is 19.9 Å². The van der Waals surface area contributed by atoms with Gasteiger partial charge in [-0.3, -0.25) is 24.2 Å². The molecular formula is C44H48N4O10. The minimum atomic E-state index is -1.26. The van der Waals surface area contributed by atoms with Gasteiger partial charge in [-0.25, -0.2) is 4.98 Å². The standard InChI is InChI=1S/C44H48N4O10/c1-7-26-23(2)32-17-37-30-11-8-29(38(52)20-50)43(39(53)21-51)44(30,5)40(48-37)19-33-25(4)28(10-13-42(55)58-22-56-6)36(47-33)18-35-27(9-12-41(54)57-15-14-49)24(3)31(46-35)16-34(26)45-32/h7-8,11,16-19,43,45,47,49-51H,1,9-10,12-15,20-22H2,2-6H3/t43-,44+/m0/s1. The van der Waals surface area contributed by atoms with E-state index in [1.807, 2.05) is 52.0 Å². The molecule has 3 aliphatic rings. The number of Topliss-reactive ketones (excluding diaryl/α,β-unsaturated/α-hetero) is 2. The molecule has 2 atom stereocenters. The van der Waals surface area contributed by atoms with Gasteiger partial charge >= 0.3 is 11.9 Å². The van der Waals surface area contributed by atoms with Crippen LogP contribution < -0.4 is 0 Å². The van der Waals surface area contributed by atoms with Gasteiger partial charge < -0.3 is 39.5 Å². The number of ether oxygens (including phenoxy) is 3. The van der Waals surface area contributed by atoms with Crippen LogP contribution in [0.3, 0.4) is 0 Å². The van der Waals surface area contributed by atoms with Crippen molar-refractivity contribution >= 4 is 68.4 Å². The van der Waals surface area contributed by atoms with Crippen LogP contribution in [0.25, 0.3) is 44.9 Å². The maximum atomic E-state index is 13.7. The van der Waals surface area contributed by atoms with Crippen LogP contribution in [-0.4, -0.2) is 99.1 Å². The minimum absolute atomic E-state index is 0.0277. The predicted molar refractivity (Wildman–Crippen MR) is 218 cm³/mol. The molecule has 0 saturated carbocycles. The Hall–Kier alpha value is -5.80. The van der Waals surface area contributed by atoms with E-state index in [4.69, 9.17) is 24.2 Å². The van der Waals surface area contributed by atoms with E-state index in [-0.39, 0.29) is 44.8 Å². The van der Waals surface area contributed by atoms with Crippen molar-refractivity contribution in [3.63, 3.8) is 0 Å². The van der Waals surface area contributed by atoms with Crippen molar-refractivity contribution in [3.05, 3.63) is 93.6 Å². The van der Waals surface area contributed by atoms with Gasteiger partial charge in [0, 0.05) is 53.2 Å². The second kappa shape index (κ2) is 17.4. The highest BCUT2D eigenvalue weighted by atomic mass is 16.7. The molecule has 58 heavy (non-hydrogen) atoms. The van der Waals surface area contributed by atoms with Crippen LogP contribution in [0.5, 0.6) is 0 Å². The Morgan fingerprint density at radius 3 is 2.19 bits per heavy atom. The molecule has 0 spiro atoms. The van der Waals surface area contributed by atoms with E-state index in [0.717, 1.165) is 38.9 Å². The van der Waals surface area contributed by atoms with Crippen molar-refractivity contribution in [1.29, 1.82) is 0 Å². The Balaban J connectivity index is 1.70. The number of aliphatic hydroxyl groups is 3. The number of aryl methyl sites for hydroxylation is 3. The van der Waals surface area contributed by atoms with E-state index in [1.165, 1.54) is 13.2 Å². The fourth-order valence-electron chi connectivity index (χ4n) is 8.15. The van der Waals surface area contributed by atoms with E-state index >= 15 is 0 Å². The van der Waals surface area contributed by atoms with Gasteiger partial charge in [-0.2, -0.15) is 0 Å². The number of aliphatic hydroxyl groups excluding tert-OH is 3. The predicted octanol–water partition coefficient (Wildman–Crippen LogP) is 4.92. The number of carbonyl (C=O) groups excluding carboxylic acids is 4. The molecule has 3 aromatic rings. The third-order valence-corrected chi connectivity index (χ3v) is 11.3. The number of esters is 2. The molecule has 1 aliphatic carbocycles. The molecule has 5 heterocycles. The maximum Gasteiger partial charge on any atom is 0.308 e. The Morgan fingerprint density at radius 1 is 0.828 bits per heavy atom. The van der Waals surface area contributed by atoms with E-state index < -0.39 is 48.1 Å². The molecule has 6 rings (SSSR count). The maximum absolute atomic E-state index is 13.7. The summed E-state index contributed by atoms with van der Waals surface area (Å²) in [5.74, 6) is -3.34. The monoisotopic (exact) mass is 792 g/mol. The summed E-state index contributed by atoms with van der Waals surface area (Å²) in [6, 6.07) is 7.48. The summed E-state index contributed by atoms with van der Waals surface area (Å²) in [6.07, 6.45) is 5.65. The van der Waals surface area contributed by atoms with Gasteiger partial charge in [0.15, 0.2) is 18.4 Å². The second-order valence-electron chi connectivity index (χ2n) is 14.6. The van der Waals surface area contributed by atoms with E-state index in [2.05, 4.69) is 16.5 Å². The van der Waals surface area contributed by atoms with E-state index in [9.17, 15) is 34.5 Å². The van der Waals surface area contributed by atoms with E-state index in [1.54, 1.807) is 12.2 Å². The van der Waals surface area contributed by atoms with E-state index in [0.29, 0.717) is 51.3 Å². The molecular weight excluding hydrogens is 745 g/mol. The first kappa shape index (κ1) is 41.8. The SMILES string of the molecule is C=Cc1c(C)c2cc3nc(cc4[nH]c(cc5nc(cc1[nH]2)C(C)=C5CCC(=O)OCCO)c(CCC(=O)OCOC)c4C)[C@@]1(C)C3=CC=C(C(=O)CO)[C@H]1C(=O)CO. The number of methoxy groups -OCH3 is 1. The molecule has 0 amide bonds. The van der Waals surface area contributed by atoms with Gasteiger partial charge in [-0.1, -0.05) is 24.8 Å². The Labute approximate surface area is 335 Å². The lowest BCUT2D eigenvalue weighted by molar-refractivity contribution is -0.154. The fraction of sp³-hybridized carbons (Fsp3) is 0.364. The van der Waals surface area contributed by atoms with Crippen LogP contribution in [0, 0.1) is 19.8 Å². The highest BCUT2D eigenvalue weighted by molar-refractivity contribution is 6.07. The third kappa shape index (κ3) is 7.75. The third-order valence-electron chi connectivity index (χ3n) is 11.3. The highest BCUT2D eigenvalue weighted by Gasteiger charge is 2.52. The molecule has 0 saturated heterocycles. The van der Waals surface area contributed by atoms with Gasteiger partial charge in [-0.05, 0) is 98.2 Å². The van der Waals surface area contributed by atoms with Crippen LogP contribution in [0.15, 0.2) is 48.6 Å². The number of ketones is 2. The van der Waals surface area contributed by atoms with Gasteiger partial charge in [0.25, 0.3) is 0 Å². The summed E-state index contributed by atoms with van der Waals surface area (Å²) in [7, 11) is 1.43. The summed E-state index contributed by atoms with van der Waals surface area (Å²) in [6.45, 7) is 9.43. The number of aromatic nitrogens is 4. The Morgan fingerprint density at radius 2 is 1.50 bits per heavy atom. The number of hydrogen-bond donors (Lipinski definition) is 5. The molecule has 5 N–H and O–H groups in total. The first-order chi connectivity index (χ1) is 27.8. The van der Waals surface area contributed by atoms with Crippen molar-refractivity contribution in [2.24, 2.45) is 5.92 Å². The van der Waals surface area contributed by atoms with Crippen molar-refractivity contribution in [3.8, 4) is 0 Å². The minimum Gasteiger partial charge on any atom is -0.463 e. The zero-order chi connectivity index (χ0) is 41.9. The normalized spacial score (nSPS) is 17.3. The number of nitrogens with zero attached hydrogens (tertiary/aromatic N) is 2. The molecule has 3 aromatic heterocycles. The lowest BCUT2D eigenvalue weighted by atomic mass is 9.62. The summed E-state index contributed by atoms with van der Waals surface area (Å²) in [5, 5.41) is 29.3. The fourth-order valence-corrected chi connectivity index (χ4v) is 8.15. The number of H-pyrrole nitrogens is 2. The zero-order valence-corrected chi connectivity index (χ0v) is 33.3. The number of aromatic amines is 2. The van der Waals surface area contributed by atoms with Crippen LogP contribution in [-0.2, 0) is 45.2 Å². The molecule has 0 radical (unpaired) electrons. The molecule has 0 unspecified atom stereocenters. The summed E-state index contributed by atoms with van der Waals surface area (Å²) >= 11 is 0. The summed E-state index contributed by atoms with van der Waals surface area (Å²) < 4.78 is 15.3. The van der Waals surface area contributed by atoms with Crippen LogP contribution in [0.2, 0.25) is 0 Å². The molecule has 0 fully saturated rings. The molecule has 0 aromatic carbocycles. The van der Waals surface area contributed by atoms with Gasteiger partial charge in [0.2, 0.25) is 0 Å². The summed E-state index contributed by atoms with van der Waals surface area (Å²) in [5.41, 5.74) is 9.21. The van der Waals surface area contributed by atoms with Crippen molar-refractivity contribution < 1.29 is 48.7 Å². The van der Waals surface area contributed by atoms with Gasteiger partial charge in [0.1, 0.15) is 19.8 Å². The highest BCUT2D eigenvalue weighted by Crippen LogP contribution is 2.52. The molecule has 2 aliphatic heterocycles. The average Bonchev–Trinajstić information content (AvgIpc) is 3.87. The molecule has 8 bridgehead atoms. The topological polar surface area (TPSA) is 214 Å². The summed E-state index contributed by atoms with van der Waals surface area (Å²) in [4.78, 5) is 69.5. The Bertz CT molecular complexity index is 2470. The average molecular weight is 793 g/mol. The largest absolute Gasteiger partial charge is 0.463 e. The lowest BCUT2D eigenvalue weighted by Crippen LogP contribution is -2.43. The van der Waals surface area contributed by atoms with Crippen LogP contribution in [0.1, 0.15) is 78.1 Å². The van der Waals surface area contributed by atoms with Gasteiger partial charge in [-0.15, -0.1) is 0 Å². The van der Waals surface area contributed by atoms with Gasteiger partial charge in [0.05, 0.1) is 40.7 Å². The molecule has 14 heteroatoms. The number of allylic oxidation sites excluding steroid dienone is 5. The number of carbonyl (C=O) groups is 4. The first-order valence-corrected chi connectivity index (χ1v) is 19.0. The number of nitrogens with one attached hydrogen (secondary N) is 2. The number of hydrogen-bond acceptors (Lipinski definition) is 12.